The van der Waals surface area contributed by atoms with Gasteiger partial charge in [-0.3, -0.25) is 4.90 Å². The number of ether oxygens (including phenoxy) is 1. The van der Waals surface area contributed by atoms with Gasteiger partial charge >= 0.3 is 6.09 Å². The normalized spacial score (nSPS) is 16.6. The Morgan fingerprint density at radius 1 is 1.23 bits per heavy atom. The Labute approximate surface area is 216 Å². The lowest BCUT2D eigenvalue weighted by Crippen LogP contribution is -2.44. The van der Waals surface area contributed by atoms with Crippen LogP contribution in [0.1, 0.15) is 46.2 Å². The van der Waals surface area contributed by atoms with Crippen molar-refractivity contribution in [1.29, 1.82) is 0 Å². The van der Waals surface area contributed by atoms with E-state index in [2.05, 4.69) is 26.0 Å². The highest BCUT2D eigenvalue weighted by Gasteiger charge is 2.32. The van der Waals surface area contributed by atoms with E-state index in [0.717, 1.165) is 55.6 Å². The number of likely N-dealkylation sites (tertiary alicyclic amines) is 1. The van der Waals surface area contributed by atoms with Gasteiger partial charge in [0.05, 0.1) is 22.0 Å². The summed E-state index contributed by atoms with van der Waals surface area (Å²) in [6.45, 7) is 6.29. The maximum atomic E-state index is 12.8. The van der Waals surface area contributed by atoms with Gasteiger partial charge in [-0.25, -0.2) is 19.4 Å². The van der Waals surface area contributed by atoms with Gasteiger partial charge in [0, 0.05) is 34.5 Å². The van der Waals surface area contributed by atoms with Gasteiger partial charge in [-0.1, -0.05) is 6.07 Å². The van der Waals surface area contributed by atoms with Crippen molar-refractivity contribution in [3.63, 3.8) is 0 Å². The summed E-state index contributed by atoms with van der Waals surface area (Å²) >= 11 is 5.17. The van der Waals surface area contributed by atoms with E-state index >= 15 is 0 Å². The molecule has 1 unspecified atom stereocenters. The molecule has 1 fully saturated rings. The number of hydrogen-bond acceptors (Lipinski definition) is 7. The number of amides is 1. The number of carbonyl (C=O) groups excluding carboxylic acids is 1. The highest BCUT2D eigenvalue weighted by atomic mass is 79.9. The summed E-state index contributed by atoms with van der Waals surface area (Å²) in [5.74, 6) is 0.430. The van der Waals surface area contributed by atoms with E-state index in [1.165, 1.54) is 0 Å². The zero-order valence-electron chi connectivity index (χ0n) is 19.9. The number of carbonyl (C=O) groups is 1. The van der Waals surface area contributed by atoms with Gasteiger partial charge in [0.1, 0.15) is 22.6 Å². The van der Waals surface area contributed by atoms with E-state index in [9.17, 15) is 4.79 Å². The molecule has 0 spiro atoms. The molecule has 5 rings (SSSR count). The Morgan fingerprint density at radius 2 is 2.06 bits per heavy atom. The number of nitrogens with zero attached hydrogens (tertiary/aromatic N) is 5. The first kappa shape index (κ1) is 23.7. The Kier molecular flexibility index (Phi) is 6.27. The lowest BCUT2D eigenvalue weighted by molar-refractivity contribution is -0.00344. The molecule has 2 N–H and O–H groups in total. The summed E-state index contributed by atoms with van der Waals surface area (Å²) in [5, 5.41) is 5.42. The highest BCUT2D eigenvalue weighted by molar-refractivity contribution is 9.10. The standard InChI is InChI=1S/C25H27BrN6O2S/c1-25(2,3)34-24(33)31-10-5-4-9-20(31)32-14-16(13-29-32)15-11-17(22(27)28-12-15)23-30-19-8-6-7-18(26)21(19)35-23/h6-8,11-14,20H,4-5,9-10H2,1-3H3,(H2,27,28). The molecule has 4 heterocycles. The minimum atomic E-state index is -0.545. The molecule has 4 aromatic rings. The third-order valence-corrected chi connectivity index (χ3v) is 7.92. The van der Waals surface area contributed by atoms with Gasteiger partial charge < -0.3 is 10.5 Å². The van der Waals surface area contributed by atoms with Crippen molar-refractivity contribution in [2.24, 2.45) is 0 Å². The number of nitrogens with two attached hydrogens (primary N) is 1. The molecule has 1 aliphatic rings. The van der Waals surface area contributed by atoms with Crippen LogP contribution < -0.4 is 5.73 Å². The molecule has 0 saturated carbocycles. The number of aromatic nitrogens is 4. The minimum absolute atomic E-state index is 0.185. The fourth-order valence-corrected chi connectivity index (χ4v) is 5.80. The first-order valence-electron chi connectivity index (χ1n) is 11.5. The first-order chi connectivity index (χ1) is 16.7. The number of hydrogen-bond donors (Lipinski definition) is 1. The zero-order chi connectivity index (χ0) is 24.7. The van der Waals surface area contributed by atoms with Crippen LogP contribution in [0.15, 0.2) is 47.3 Å². The summed E-state index contributed by atoms with van der Waals surface area (Å²) in [4.78, 5) is 23.8. The molecular formula is C25H27BrN6O2S. The third kappa shape index (κ3) is 4.90. The molecule has 1 atom stereocenters. The van der Waals surface area contributed by atoms with Gasteiger partial charge in [-0.15, -0.1) is 11.3 Å². The van der Waals surface area contributed by atoms with Crippen LogP contribution in [0.25, 0.3) is 31.9 Å². The minimum Gasteiger partial charge on any atom is -0.444 e. The maximum Gasteiger partial charge on any atom is 0.411 e. The second kappa shape index (κ2) is 9.23. The van der Waals surface area contributed by atoms with E-state index in [4.69, 9.17) is 15.5 Å². The number of piperidine rings is 1. The molecule has 1 aromatic carbocycles. The molecule has 10 heteroatoms. The third-order valence-electron chi connectivity index (χ3n) is 5.86. The average molecular weight is 556 g/mol. The van der Waals surface area contributed by atoms with E-state index in [1.807, 2.05) is 55.9 Å². The van der Waals surface area contributed by atoms with E-state index in [-0.39, 0.29) is 12.3 Å². The van der Waals surface area contributed by atoms with Crippen molar-refractivity contribution >= 4 is 49.4 Å². The number of thiazole rings is 1. The van der Waals surface area contributed by atoms with E-state index in [0.29, 0.717) is 12.4 Å². The van der Waals surface area contributed by atoms with Crippen LogP contribution in [-0.2, 0) is 4.74 Å². The summed E-state index contributed by atoms with van der Waals surface area (Å²) in [6.07, 6.45) is 7.82. The van der Waals surface area contributed by atoms with Crippen LogP contribution >= 0.6 is 27.3 Å². The number of pyridine rings is 1. The lowest BCUT2D eigenvalue weighted by atomic mass is 10.1. The van der Waals surface area contributed by atoms with Crippen LogP contribution in [0, 0.1) is 0 Å². The number of rotatable bonds is 3. The average Bonchev–Trinajstić information content (AvgIpc) is 3.47. The molecule has 0 aliphatic carbocycles. The molecule has 0 radical (unpaired) electrons. The molecule has 1 aliphatic heterocycles. The van der Waals surface area contributed by atoms with Crippen molar-refractivity contribution in [3.05, 3.63) is 47.3 Å². The Bertz CT molecular complexity index is 1390. The Balaban J connectivity index is 1.45. The van der Waals surface area contributed by atoms with Gasteiger partial charge in [0.2, 0.25) is 0 Å². The zero-order valence-corrected chi connectivity index (χ0v) is 22.3. The maximum absolute atomic E-state index is 12.8. The predicted octanol–water partition coefficient (Wildman–Crippen LogP) is 6.49. The second-order valence-electron chi connectivity index (χ2n) is 9.62. The van der Waals surface area contributed by atoms with Gasteiger partial charge in [-0.2, -0.15) is 5.10 Å². The fourth-order valence-electron chi connectivity index (χ4n) is 4.21. The number of anilines is 1. The van der Waals surface area contributed by atoms with Crippen LogP contribution in [-0.4, -0.2) is 42.9 Å². The molecule has 0 bridgehead atoms. The number of halogens is 1. The van der Waals surface area contributed by atoms with Gasteiger partial charge in [-0.05, 0) is 74.2 Å². The molecule has 8 nitrogen and oxygen atoms in total. The highest BCUT2D eigenvalue weighted by Crippen LogP contribution is 2.38. The summed E-state index contributed by atoms with van der Waals surface area (Å²) in [5.41, 5.74) is 9.19. The van der Waals surface area contributed by atoms with Crippen LogP contribution in [0.5, 0.6) is 0 Å². The fraction of sp³-hybridized carbons (Fsp3) is 0.360. The van der Waals surface area contributed by atoms with Crippen molar-refractivity contribution in [1.82, 2.24) is 24.6 Å². The SMILES string of the molecule is CC(C)(C)OC(=O)N1CCCCC1n1cc(-c2cnc(N)c(-c3nc4cccc(Br)c4s3)c2)cn1. The molecule has 1 amide bonds. The van der Waals surface area contributed by atoms with Crippen molar-refractivity contribution < 1.29 is 9.53 Å². The van der Waals surface area contributed by atoms with Crippen molar-refractivity contribution in [3.8, 4) is 21.7 Å². The molecular weight excluding hydrogens is 528 g/mol. The van der Waals surface area contributed by atoms with E-state index < -0.39 is 5.60 Å². The second-order valence-corrected chi connectivity index (χ2v) is 11.5. The van der Waals surface area contributed by atoms with Gasteiger partial charge in [0.15, 0.2) is 0 Å². The quantitative estimate of drug-likeness (QED) is 0.311. The summed E-state index contributed by atoms with van der Waals surface area (Å²) < 4.78 is 9.57. The largest absolute Gasteiger partial charge is 0.444 e. The number of nitrogen functional groups attached to an aromatic ring is 1. The Morgan fingerprint density at radius 3 is 2.83 bits per heavy atom. The number of benzene rings is 1. The van der Waals surface area contributed by atoms with Crippen LogP contribution in [0.3, 0.4) is 0 Å². The molecule has 182 valence electrons. The van der Waals surface area contributed by atoms with Gasteiger partial charge in [0.25, 0.3) is 0 Å². The van der Waals surface area contributed by atoms with E-state index in [1.54, 1.807) is 28.6 Å². The number of fused-ring (bicyclic) bond motifs is 1. The Hall–Kier alpha value is -2.98. The molecule has 35 heavy (non-hydrogen) atoms. The van der Waals surface area contributed by atoms with Crippen molar-refractivity contribution in [2.75, 3.05) is 12.3 Å². The van der Waals surface area contributed by atoms with Crippen molar-refractivity contribution in [2.45, 2.75) is 51.8 Å². The summed E-state index contributed by atoms with van der Waals surface area (Å²) in [6, 6.07) is 7.96. The lowest BCUT2D eigenvalue weighted by Gasteiger charge is -2.36. The smallest absolute Gasteiger partial charge is 0.411 e. The predicted molar refractivity (Wildman–Crippen MR) is 142 cm³/mol. The van der Waals surface area contributed by atoms with Crippen LogP contribution in [0.4, 0.5) is 10.6 Å². The van der Waals surface area contributed by atoms with Crippen LogP contribution in [0.2, 0.25) is 0 Å². The molecule has 3 aromatic heterocycles. The molecule has 1 saturated heterocycles. The topological polar surface area (TPSA) is 99.2 Å². The first-order valence-corrected chi connectivity index (χ1v) is 13.2. The monoisotopic (exact) mass is 554 g/mol. The summed E-state index contributed by atoms with van der Waals surface area (Å²) in [7, 11) is 0.